The van der Waals surface area contributed by atoms with Crippen LogP contribution in [0.5, 0.6) is 0 Å². The second kappa shape index (κ2) is 6.94. The normalized spacial score (nSPS) is 12.1. The highest BCUT2D eigenvalue weighted by Gasteiger charge is 2.18. The van der Waals surface area contributed by atoms with Crippen LogP contribution >= 0.6 is 0 Å². The van der Waals surface area contributed by atoms with E-state index in [4.69, 9.17) is 0 Å². The molecule has 0 atom stereocenters. The Kier molecular flexibility index (Phi) is 5.87. The van der Waals surface area contributed by atoms with E-state index in [9.17, 15) is 0 Å². The smallest absolute Gasteiger partial charge is 0.00258 e. The van der Waals surface area contributed by atoms with Gasteiger partial charge in [0.2, 0.25) is 0 Å². The molecule has 0 radical (unpaired) electrons. The van der Waals surface area contributed by atoms with Gasteiger partial charge in [0.25, 0.3) is 0 Å². The molecule has 0 aliphatic rings. The van der Waals surface area contributed by atoms with Crippen molar-refractivity contribution in [3.8, 4) is 0 Å². The summed E-state index contributed by atoms with van der Waals surface area (Å²) in [5.74, 6) is 0.741. The second-order valence-electron chi connectivity index (χ2n) is 6.68. The van der Waals surface area contributed by atoms with Gasteiger partial charge in [0, 0.05) is 0 Å². The molecule has 0 spiro atoms. The van der Waals surface area contributed by atoms with Crippen LogP contribution in [-0.2, 0) is 6.42 Å². The number of nitrogens with one attached hydrogen (secondary N) is 1. The van der Waals surface area contributed by atoms with Crippen molar-refractivity contribution in [2.75, 3.05) is 13.1 Å². The van der Waals surface area contributed by atoms with Crippen LogP contribution < -0.4 is 5.32 Å². The lowest BCUT2D eigenvalue weighted by atomic mass is 9.82. The van der Waals surface area contributed by atoms with Crippen molar-refractivity contribution in [2.45, 2.75) is 47.5 Å². The van der Waals surface area contributed by atoms with E-state index in [1.54, 1.807) is 0 Å². The summed E-state index contributed by atoms with van der Waals surface area (Å²) >= 11 is 0. The zero-order valence-corrected chi connectivity index (χ0v) is 12.7. The monoisotopic (exact) mass is 247 g/mol. The molecular weight excluding hydrogens is 218 g/mol. The van der Waals surface area contributed by atoms with E-state index in [0.717, 1.165) is 25.4 Å². The van der Waals surface area contributed by atoms with Crippen LogP contribution in [0.15, 0.2) is 24.3 Å². The van der Waals surface area contributed by atoms with E-state index in [0.29, 0.717) is 5.41 Å². The predicted octanol–water partition coefficient (Wildman–Crippen LogP) is 4.20. The zero-order chi connectivity index (χ0) is 13.6. The minimum atomic E-state index is 0.373. The molecule has 0 amide bonds. The highest BCUT2D eigenvalue weighted by Crippen LogP contribution is 2.25. The fourth-order valence-electron chi connectivity index (χ4n) is 2.28. The van der Waals surface area contributed by atoms with Gasteiger partial charge in [-0.2, -0.15) is 0 Å². The highest BCUT2D eigenvalue weighted by atomic mass is 14.8. The average molecular weight is 247 g/mol. The summed E-state index contributed by atoms with van der Waals surface area (Å²) in [6.45, 7) is 13.7. The number of aryl methyl sites for hydroxylation is 1. The molecule has 1 rings (SSSR count). The second-order valence-corrected chi connectivity index (χ2v) is 6.68. The molecule has 1 aromatic carbocycles. The van der Waals surface area contributed by atoms with E-state index >= 15 is 0 Å². The lowest BCUT2D eigenvalue weighted by molar-refractivity contribution is 0.322. The van der Waals surface area contributed by atoms with Gasteiger partial charge in [-0.1, -0.05) is 57.5 Å². The summed E-state index contributed by atoms with van der Waals surface area (Å²) in [5.41, 5.74) is 3.20. The topological polar surface area (TPSA) is 12.0 Å². The van der Waals surface area contributed by atoms with Gasteiger partial charge in [-0.3, -0.25) is 0 Å². The van der Waals surface area contributed by atoms with Crippen LogP contribution in [0.2, 0.25) is 0 Å². The van der Waals surface area contributed by atoms with Crippen molar-refractivity contribution < 1.29 is 0 Å². The molecule has 0 heterocycles. The molecule has 0 aliphatic heterocycles. The van der Waals surface area contributed by atoms with Crippen molar-refractivity contribution in [2.24, 2.45) is 11.3 Å². The van der Waals surface area contributed by atoms with Gasteiger partial charge in [-0.15, -0.1) is 0 Å². The molecule has 1 nitrogen and oxygen atoms in total. The van der Waals surface area contributed by atoms with E-state index in [-0.39, 0.29) is 0 Å². The maximum atomic E-state index is 3.54. The van der Waals surface area contributed by atoms with E-state index in [1.165, 1.54) is 17.5 Å². The van der Waals surface area contributed by atoms with Crippen molar-refractivity contribution in [3.63, 3.8) is 0 Å². The van der Waals surface area contributed by atoms with Gasteiger partial charge in [-0.25, -0.2) is 0 Å². The predicted molar refractivity (Wildman–Crippen MR) is 81.0 cm³/mol. The molecule has 0 aromatic heterocycles. The van der Waals surface area contributed by atoms with Crippen LogP contribution in [0.4, 0.5) is 0 Å². The summed E-state index contributed by atoms with van der Waals surface area (Å²) in [6.07, 6.45) is 2.39. The molecular formula is C17H29N. The van der Waals surface area contributed by atoms with Crippen molar-refractivity contribution in [1.29, 1.82) is 0 Å². The average Bonchev–Trinajstić information content (AvgIpc) is 2.23. The third kappa shape index (κ3) is 6.20. The molecule has 0 fully saturated rings. The first-order valence-corrected chi connectivity index (χ1v) is 7.15. The Morgan fingerprint density at radius 2 is 1.94 bits per heavy atom. The van der Waals surface area contributed by atoms with Crippen LogP contribution in [-0.4, -0.2) is 13.1 Å². The maximum Gasteiger partial charge on any atom is -0.00258 e. The standard InChI is InChI=1S/C17H29N/c1-14(2)13-18-10-9-17(4,5)12-16-8-6-7-15(3)11-16/h6-8,11,14,18H,9-10,12-13H2,1-5H3. The first-order chi connectivity index (χ1) is 8.39. The minimum absolute atomic E-state index is 0.373. The van der Waals surface area contributed by atoms with E-state index < -0.39 is 0 Å². The Labute approximate surface area is 113 Å². The van der Waals surface area contributed by atoms with Crippen LogP contribution in [0.25, 0.3) is 0 Å². The van der Waals surface area contributed by atoms with Crippen molar-refractivity contribution in [3.05, 3.63) is 35.4 Å². The fourth-order valence-corrected chi connectivity index (χ4v) is 2.28. The van der Waals surface area contributed by atoms with Crippen LogP contribution in [0.1, 0.15) is 45.2 Å². The van der Waals surface area contributed by atoms with Gasteiger partial charge in [0.05, 0.1) is 0 Å². The lowest BCUT2D eigenvalue weighted by Gasteiger charge is -2.25. The van der Waals surface area contributed by atoms with Gasteiger partial charge >= 0.3 is 0 Å². The fraction of sp³-hybridized carbons (Fsp3) is 0.647. The summed E-state index contributed by atoms with van der Waals surface area (Å²) in [7, 11) is 0. The third-order valence-corrected chi connectivity index (χ3v) is 3.30. The quantitative estimate of drug-likeness (QED) is 0.712. The number of benzene rings is 1. The number of rotatable bonds is 7. The molecule has 18 heavy (non-hydrogen) atoms. The van der Waals surface area contributed by atoms with Crippen molar-refractivity contribution >= 4 is 0 Å². The van der Waals surface area contributed by atoms with E-state index in [1.807, 2.05) is 0 Å². The Morgan fingerprint density at radius 3 is 2.56 bits per heavy atom. The summed E-state index contributed by atoms with van der Waals surface area (Å²) in [5, 5.41) is 3.54. The molecule has 0 aliphatic carbocycles. The Hall–Kier alpha value is -0.820. The summed E-state index contributed by atoms with van der Waals surface area (Å²) in [6, 6.07) is 8.89. The van der Waals surface area contributed by atoms with Gasteiger partial charge < -0.3 is 5.32 Å². The molecule has 0 saturated carbocycles. The van der Waals surface area contributed by atoms with Gasteiger partial charge in [0.1, 0.15) is 0 Å². The Morgan fingerprint density at radius 1 is 1.22 bits per heavy atom. The Balaban J connectivity index is 2.39. The minimum Gasteiger partial charge on any atom is -0.316 e. The molecule has 0 unspecified atom stereocenters. The zero-order valence-electron chi connectivity index (χ0n) is 12.7. The molecule has 1 aromatic rings. The van der Waals surface area contributed by atoms with Crippen molar-refractivity contribution in [1.82, 2.24) is 5.32 Å². The van der Waals surface area contributed by atoms with Gasteiger partial charge in [0.15, 0.2) is 0 Å². The highest BCUT2D eigenvalue weighted by molar-refractivity contribution is 5.23. The van der Waals surface area contributed by atoms with Gasteiger partial charge in [-0.05, 0) is 49.8 Å². The molecule has 1 heteroatoms. The molecule has 102 valence electrons. The first kappa shape index (κ1) is 15.2. The molecule has 0 bridgehead atoms. The summed E-state index contributed by atoms with van der Waals surface area (Å²) < 4.78 is 0. The first-order valence-electron chi connectivity index (χ1n) is 7.15. The number of hydrogen-bond acceptors (Lipinski definition) is 1. The van der Waals surface area contributed by atoms with E-state index in [2.05, 4.69) is 64.2 Å². The van der Waals surface area contributed by atoms with Crippen LogP contribution in [0.3, 0.4) is 0 Å². The molecule has 1 N–H and O–H groups in total. The summed E-state index contributed by atoms with van der Waals surface area (Å²) in [4.78, 5) is 0. The largest absolute Gasteiger partial charge is 0.316 e. The lowest BCUT2D eigenvalue weighted by Crippen LogP contribution is -2.26. The number of hydrogen-bond donors (Lipinski definition) is 1. The Bertz CT molecular complexity index is 352. The molecule has 0 saturated heterocycles. The maximum absolute atomic E-state index is 3.54. The van der Waals surface area contributed by atoms with Crippen LogP contribution in [0, 0.1) is 18.3 Å². The SMILES string of the molecule is Cc1cccc(CC(C)(C)CCNCC(C)C)c1. The third-order valence-electron chi connectivity index (χ3n) is 3.30.